The summed E-state index contributed by atoms with van der Waals surface area (Å²) in [5.74, 6) is -0.439. The summed E-state index contributed by atoms with van der Waals surface area (Å²) in [6.07, 6.45) is 0. The molecular formula is C7H7NOS. The highest BCUT2D eigenvalue weighted by molar-refractivity contribution is 7.80. The first-order valence-electron chi connectivity index (χ1n) is 2.79. The number of carbonyl (C=O) groups is 1. The Morgan fingerprint density at radius 1 is 1.40 bits per heavy atom. The number of hydrogen-bond acceptors (Lipinski definition) is 2. The van der Waals surface area contributed by atoms with Crippen LogP contribution in [0.4, 0.5) is 0 Å². The summed E-state index contributed by atoms with van der Waals surface area (Å²) in [4.78, 5) is 11.2. The van der Waals surface area contributed by atoms with Crippen molar-refractivity contribution in [3.05, 3.63) is 29.8 Å². The molecule has 3 heteroatoms. The van der Waals surface area contributed by atoms with E-state index in [1.807, 2.05) is 0 Å². The van der Waals surface area contributed by atoms with Gasteiger partial charge in [0, 0.05) is 4.90 Å². The van der Waals surface area contributed by atoms with Gasteiger partial charge in [-0.2, -0.15) is 0 Å². The van der Waals surface area contributed by atoms with Gasteiger partial charge >= 0.3 is 0 Å². The fraction of sp³-hybridized carbons (Fsp3) is 0. The molecule has 10 heavy (non-hydrogen) atoms. The van der Waals surface area contributed by atoms with Crippen LogP contribution < -0.4 is 5.73 Å². The zero-order chi connectivity index (χ0) is 7.56. The molecule has 0 fully saturated rings. The molecule has 0 atom stereocenters. The number of hydrogen-bond donors (Lipinski definition) is 2. The number of carbonyl (C=O) groups excluding carboxylic acids is 1. The molecule has 2 N–H and O–H groups in total. The Kier molecular flexibility index (Phi) is 1.97. The van der Waals surface area contributed by atoms with Crippen molar-refractivity contribution in [3.8, 4) is 0 Å². The summed E-state index contributed by atoms with van der Waals surface area (Å²) in [5.41, 5.74) is 5.49. The minimum Gasteiger partial charge on any atom is -0.366 e. The molecule has 1 rings (SSSR count). The number of rotatable bonds is 1. The molecule has 52 valence electrons. The molecule has 0 aliphatic rings. The second kappa shape index (κ2) is 2.75. The van der Waals surface area contributed by atoms with E-state index < -0.39 is 5.91 Å². The van der Waals surface area contributed by atoms with Crippen LogP contribution in [0.2, 0.25) is 0 Å². The molecule has 0 spiro atoms. The standard InChI is InChI=1S/C7H7NOS/c8-7(9)5-3-1-2-4-6(5)10/h1-4,10H,(H2,8,9). The third-order valence-corrected chi connectivity index (χ3v) is 1.56. The third-order valence-electron chi connectivity index (χ3n) is 1.17. The Morgan fingerprint density at radius 3 is 2.40 bits per heavy atom. The molecule has 0 aliphatic heterocycles. The number of primary amides is 1. The summed E-state index contributed by atoms with van der Waals surface area (Å²) in [6.45, 7) is 0. The number of thiol groups is 1. The molecule has 1 amide bonds. The minimum absolute atomic E-state index is 0.439. The van der Waals surface area contributed by atoms with Crippen molar-refractivity contribution >= 4 is 18.5 Å². The van der Waals surface area contributed by atoms with Crippen molar-refractivity contribution in [1.29, 1.82) is 0 Å². The van der Waals surface area contributed by atoms with E-state index in [1.54, 1.807) is 24.3 Å². The Morgan fingerprint density at radius 2 is 2.00 bits per heavy atom. The summed E-state index contributed by atoms with van der Waals surface area (Å²) < 4.78 is 0. The quantitative estimate of drug-likeness (QED) is 0.582. The lowest BCUT2D eigenvalue weighted by Gasteiger charge is -1.96. The van der Waals surface area contributed by atoms with Crippen molar-refractivity contribution in [3.63, 3.8) is 0 Å². The van der Waals surface area contributed by atoms with E-state index in [0.717, 1.165) is 0 Å². The SMILES string of the molecule is NC(=O)c1ccccc1S. The molecule has 0 aromatic heterocycles. The maximum absolute atomic E-state index is 10.6. The van der Waals surface area contributed by atoms with Gasteiger partial charge in [-0.15, -0.1) is 12.6 Å². The molecule has 0 aliphatic carbocycles. The number of nitrogens with two attached hydrogens (primary N) is 1. The van der Waals surface area contributed by atoms with Crippen molar-refractivity contribution in [2.75, 3.05) is 0 Å². The molecule has 0 radical (unpaired) electrons. The molecule has 1 aromatic carbocycles. The number of amides is 1. The van der Waals surface area contributed by atoms with Gasteiger partial charge in [-0.3, -0.25) is 4.79 Å². The Labute approximate surface area is 64.5 Å². The second-order valence-corrected chi connectivity index (χ2v) is 2.36. The molecule has 1 aromatic rings. The summed E-state index contributed by atoms with van der Waals surface area (Å²) in [5, 5.41) is 0. The van der Waals surface area contributed by atoms with Crippen LogP contribution in [0.5, 0.6) is 0 Å². The Balaban J connectivity index is 3.15. The van der Waals surface area contributed by atoms with Crippen LogP contribution in [0.25, 0.3) is 0 Å². The van der Waals surface area contributed by atoms with Crippen molar-refractivity contribution in [2.45, 2.75) is 4.90 Å². The van der Waals surface area contributed by atoms with E-state index in [1.165, 1.54) is 0 Å². The van der Waals surface area contributed by atoms with Crippen LogP contribution in [0.3, 0.4) is 0 Å². The van der Waals surface area contributed by atoms with Gasteiger partial charge in [-0.25, -0.2) is 0 Å². The van der Waals surface area contributed by atoms with Gasteiger partial charge in [0.15, 0.2) is 0 Å². The molecule has 0 bridgehead atoms. The van der Waals surface area contributed by atoms with Gasteiger partial charge in [0.25, 0.3) is 0 Å². The highest BCUT2D eigenvalue weighted by atomic mass is 32.1. The molecule has 0 saturated heterocycles. The number of benzene rings is 1. The van der Waals surface area contributed by atoms with E-state index in [4.69, 9.17) is 5.73 Å². The van der Waals surface area contributed by atoms with E-state index in [9.17, 15) is 4.79 Å². The predicted octanol–water partition coefficient (Wildman–Crippen LogP) is 1.07. The lowest BCUT2D eigenvalue weighted by atomic mass is 10.2. The van der Waals surface area contributed by atoms with Gasteiger partial charge in [0.05, 0.1) is 5.56 Å². The summed E-state index contributed by atoms with van der Waals surface area (Å²) in [7, 11) is 0. The van der Waals surface area contributed by atoms with Gasteiger partial charge in [-0.05, 0) is 12.1 Å². The highest BCUT2D eigenvalue weighted by Crippen LogP contribution is 2.10. The highest BCUT2D eigenvalue weighted by Gasteiger charge is 2.01. The zero-order valence-electron chi connectivity index (χ0n) is 5.24. The van der Waals surface area contributed by atoms with Crippen molar-refractivity contribution in [1.82, 2.24) is 0 Å². The Hall–Kier alpha value is -0.960. The fourth-order valence-electron chi connectivity index (χ4n) is 0.682. The van der Waals surface area contributed by atoms with Gasteiger partial charge < -0.3 is 5.73 Å². The van der Waals surface area contributed by atoms with E-state index in [-0.39, 0.29) is 0 Å². The first-order chi connectivity index (χ1) is 4.72. The van der Waals surface area contributed by atoms with Crippen LogP contribution in [0, 0.1) is 0 Å². The van der Waals surface area contributed by atoms with Crippen LogP contribution in [-0.2, 0) is 0 Å². The molecule has 0 heterocycles. The van der Waals surface area contributed by atoms with Crippen LogP contribution in [-0.4, -0.2) is 5.91 Å². The zero-order valence-corrected chi connectivity index (χ0v) is 6.14. The van der Waals surface area contributed by atoms with Gasteiger partial charge in [-0.1, -0.05) is 12.1 Å². The van der Waals surface area contributed by atoms with E-state index in [0.29, 0.717) is 10.5 Å². The molecular weight excluding hydrogens is 146 g/mol. The van der Waals surface area contributed by atoms with Crippen LogP contribution in [0.15, 0.2) is 29.2 Å². The minimum atomic E-state index is -0.439. The monoisotopic (exact) mass is 153 g/mol. The fourth-order valence-corrected chi connectivity index (χ4v) is 0.953. The van der Waals surface area contributed by atoms with Crippen molar-refractivity contribution < 1.29 is 4.79 Å². The van der Waals surface area contributed by atoms with Gasteiger partial charge in [0.2, 0.25) is 5.91 Å². The summed E-state index contributed by atoms with van der Waals surface area (Å²) >= 11 is 4.04. The maximum atomic E-state index is 10.6. The second-order valence-electron chi connectivity index (χ2n) is 1.88. The molecule has 0 saturated carbocycles. The van der Waals surface area contributed by atoms with Crippen LogP contribution in [0.1, 0.15) is 10.4 Å². The normalized spacial score (nSPS) is 9.30. The Bertz CT molecular complexity index is 260. The summed E-state index contributed by atoms with van der Waals surface area (Å²) in [6, 6.07) is 6.92. The smallest absolute Gasteiger partial charge is 0.249 e. The maximum Gasteiger partial charge on any atom is 0.249 e. The topological polar surface area (TPSA) is 43.1 Å². The molecule has 2 nitrogen and oxygen atoms in total. The lowest BCUT2D eigenvalue weighted by molar-refractivity contribution is 0.0997. The third kappa shape index (κ3) is 1.30. The first kappa shape index (κ1) is 7.15. The largest absolute Gasteiger partial charge is 0.366 e. The first-order valence-corrected chi connectivity index (χ1v) is 3.24. The van der Waals surface area contributed by atoms with Crippen LogP contribution >= 0.6 is 12.6 Å². The van der Waals surface area contributed by atoms with E-state index in [2.05, 4.69) is 12.6 Å². The van der Waals surface area contributed by atoms with E-state index >= 15 is 0 Å². The average Bonchev–Trinajstić information content (AvgIpc) is 1.88. The molecule has 0 unspecified atom stereocenters. The van der Waals surface area contributed by atoms with Gasteiger partial charge in [0.1, 0.15) is 0 Å². The lowest BCUT2D eigenvalue weighted by Crippen LogP contribution is -2.11. The average molecular weight is 153 g/mol. The predicted molar refractivity (Wildman–Crippen MR) is 42.2 cm³/mol. The van der Waals surface area contributed by atoms with Crippen molar-refractivity contribution in [2.24, 2.45) is 5.73 Å².